The second-order valence-electron chi connectivity index (χ2n) is 14.8. The van der Waals surface area contributed by atoms with E-state index in [1.165, 1.54) is 38.5 Å². The van der Waals surface area contributed by atoms with Crippen LogP contribution in [-0.4, -0.2) is 140 Å². The summed E-state index contributed by atoms with van der Waals surface area (Å²) in [7, 11) is 0. The molecule has 14 nitrogen and oxygen atoms in total. The molecule has 0 saturated carbocycles. The van der Waals surface area contributed by atoms with Crippen molar-refractivity contribution in [1.29, 1.82) is 0 Å². The highest BCUT2D eigenvalue weighted by Gasteiger charge is 2.50. The summed E-state index contributed by atoms with van der Waals surface area (Å²) in [5, 5.41) is 86.1. The molecule has 2 aliphatic rings. The third-order valence-electron chi connectivity index (χ3n) is 10.1. The largest absolute Gasteiger partial charge is 0.394 e. The molecule has 2 aliphatic heterocycles. The number of hydrogen-bond donors (Lipinski definition) is 9. The van der Waals surface area contributed by atoms with Crippen LogP contribution in [0.1, 0.15) is 129 Å². The van der Waals surface area contributed by atoms with E-state index in [0.717, 1.165) is 64.2 Å². The summed E-state index contributed by atoms with van der Waals surface area (Å²) >= 11 is 0. The molecule has 12 unspecified atom stereocenters. The summed E-state index contributed by atoms with van der Waals surface area (Å²) < 4.78 is 22.5. The molecule has 0 aromatic carbocycles. The van der Waals surface area contributed by atoms with E-state index in [1.54, 1.807) is 6.08 Å². The lowest BCUT2D eigenvalue weighted by Gasteiger charge is -2.46. The molecule has 2 rings (SSSR count). The number of hydrogen-bond acceptors (Lipinski definition) is 13. The van der Waals surface area contributed by atoms with E-state index >= 15 is 0 Å². The predicted molar refractivity (Wildman–Crippen MR) is 203 cm³/mol. The normalized spacial score (nSPS) is 30.3. The molecule has 0 bridgehead atoms. The van der Waals surface area contributed by atoms with Gasteiger partial charge in [0.25, 0.3) is 0 Å². The van der Waals surface area contributed by atoms with Crippen LogP contribution in [0, 0.1) is 0 Å². The van der Waals surface area contributed by atoms with Gasteiger partial charge in [-0.3, -0.25) is 4.79 Å². The smallest absolute Gasteiger partial charge is 0.220 e. The first-order valence-corrected chi connectivity index (χ1v) is 20.6. The molecular formula is C40H73NO13. The minimum absolute atomic E-state index is 0.256. The fourth-order valence-electron chi connectivity index (χ4n) is 6.64. The lowest BCUT2D eigenvalue weighted by molar-refractivity contribution is -0.359. The Morgan fingerprint density at radius 1 is 0.648 bits per heavy atom. The van der Waals surface area contributed by atoms with Gasteiger partial charge in [-0.1, -0.05) is 109 Å². The highest BCUT2D eigenvalue weighted by molar-refractivity contribution is 5.76. The third kappa shape index (κ3) is 17.7. The van der Waals surface area contributed by atoms with E-state index < -0.39 is 86.8 Å². The molecule has 2 saturated heterocycles. The quantitative estimate of drug-likeness (QED) is 0.0394. The van der Waals surface area contributed by atoms with Crippen LogP contribution in [0.3, 0.4) is 0 Å². The molecule has 0 aromatic heterocycles. The number of allylic oxidation sites excluding steroid dienone is 3. The second-order valence-corrected chi connectivity index (χ2v) is 14.8. The standard InChI is InChI=1S/C40H73NO13/c1-3-5-7-9-11-13-15-17-19-21-23-29(44)28(41-32(45)24-22-20-18-16-14-12-10-8-6-4-2)27-51-39-37(50)35(48)38(31(26-43)53-39)54-40-36(49)34(47)33(46)30(25-42)52-40/h8,10,21,23,28-31,33-40,42-44,46-50H,3-7,9,11-20,22,24-27H2,1-2H3,(H,41,45)/b10-8-,23-21+. The van der Waals surface area contributed by atoms with Crippen LogP contribution in [0.5, 0.6) is 0 Å². The molecule has 0 aromatic rings. The fourth-order valence-corrected chi connectivity index (χ4v) is 6.64. The molecule has 14 heteroatoms. The summed E-state index contributed by atoms with van der Waals surface area (Å²) in [5.41, 5.74) is 0. The van der Waals surface area contributed by atoms with Crippen LogP contribution in [0.25, 0.3) is 0 Å². The van der Waals surface area contributed by atoms with Crippen molar-refractivity contribution in [2.45, 2.75) is 203 Å². The molecule has 2 fully saturated rings. The number of amides is 1. The molecule has 54 heavy (non-hydrogen) atoms. The molecular weight excluding hydrogens is 702 g/mol. The lowest BCUT2D eigenvalue weighted by Crippen LogP contribution is -2.65. The molecule has 0 radical (unpaired) electrons. The number of carbonyl (C=O) groups is 1. The van der Waals surface area contributed by atoms with E-state index in [9.17, 15) is 45.6 Å². The molecule has 0 aliphatic carbocycles. The zero-order chi connectivity index (χ0) is 39.7. The van der Waals surface area contributed by atoms with Crippen LogP contribution in [-0.2, 0) is 23.7 Å². The maximum Gasteiger partial charge on any atom is 0.220 e. The average molecular weight is 776 g/mol. The zero-order valence-corrected chi connectivity index (χ0v) is 32.7. The molecule has 2 heterocycles. The van der Waals surface area contributed by atoms with Gasteiger partial charge >= 0.3 is 0 Å². The maximum atomic E-state index is 13.0. The van der Waals surface area contributed by atoms with Crippen molar-refractivity contribution in [2.24, 2.45) is 0 Å². The van der Waals surface area contributed by atoms with Gasteiger partial charge in [-0.05, 0) is 38.5 Å². The average Bonchev–Trinajstić information content (AvgIpc) is 3.17. The Bertz CT molecular complexity index is 1010. The Hall–Kier alpha value is -1.53. The van der Waals surface area contributed by atoms with Gasteiger partial charge < -0.3 is 65.1 Å². The van der Waals surface area contributed by atoms with Crippen molar-refractivity contribution in [3.05, 3.63) is 24.3 Å². The highest BCUT2D eigenvalue weighted by Crippen LogP contribution is 2.29. The van der Waals surface area contributed by atoms with Gasteiger partial charge in [0.15, 0.2) is 12.6 Å². The van der Waals surface area contributed by atoms with Crippen LogP contribution in [0.4, 0.5) is 0 Å². The Morgan fingerprint density at radius 2 is 1.20 bits per heavy atom. The summed E-state index contributed by atoms with van der Waals surface area (Å²) in [6.07, 6.45) is 9.64. The number of aliphatic hydroxyl groups excluding tert-OH is 8. The topological polar surface area (TPSA) is 228 Å². The van der Waals surface area contributed by atoms with Gasteiger partial charge in [0, 0.05) is 6.42 Å². The van der Waals surface area contributed by atoms with E-state index in [4.69, 9.17) is 18.9 Å². The fraction of sp³-hybridized carbons (Fsp3) is 0.875. The predicted octanol–water partition coefficient (Wildman–Crippen LogP) is 2.65. The lowest BCUT2D eigenvalue weighted by atomic mass is 9.97. The molecule has 316 valence electrons. The molecule has 0 spiro atoms. The van der Waals surface area contributed by atoms with E-state index in [1.807, 2.05) is 6.08 Å². The first-order valence-electron chi connectivity index (χ1n) is 20.6. The number of carbonyl (C=O) groups excluding carboxylic acids is 1. The van der Waals surface area contributed by atoms with E-state index in [-0.39, 0.29) is 18.9 Å². The highest BCUT2D eigenvalue weighted by atomic mass is 16.7. The number of aliphatic hydroxyl groups is 8. The van der Waals surface area contributed by atoms with Crippen LogP contribution >= 0.6 is 0 Å². The van der Waals surface area contributed by atoms with Gasteiger partial charge in [-0.25, -0.2) is 0 Å². The Balaban J connectivity index is 1.96. The number of ether oxygens (including phenoxy) is 4. The van der Waals surface area contributed by atoms with Crippen molar-refractivity contribution in [1.82, 2.24) is 5.32 Å². The third-order valence-corrected chi connectivity index (χ3v) is 10.1. The summed E-state index contributed by atoms with van der Waals surface area (Å²) in [4.78, 5) is 13.0. The molecule has 12 atom stereocenters. The van der Waals surface area contributed by atoms with Crippen LogP contribution in [0.15, 0.2) is 24.3 Å². The summed E-state index contributed by atoms with van der Waals surface area (Å²) in [5.74, 6) is -0.256. The number of unbranched alkanes of at least 4 members (excludes halogenated alkanes) is 14. The van der Waals surface area contributed by atoms with Gasteiger partial charge in [0.1, 0.15) is 48.8 Å². The van der Waals surface area contributed by atoms with Gasteiger partial charge in [0.2, 0.25) is 5.91 Å². The Morgan fingerprint density at radius 3 is 1.83 bits per heavy atom. The van der Waals surface area contributed by atoms with Gasteiger partial charge in [0.05, 0.1) is 32.0 Å². The minimum atomic E-state index is -1.78. The van der Waals surface area contributed by atoms with Crippen molar-refractivity contribution < 1.29 is 64.6 Å². The van der Waals surface area contributed by atoms with Crippen LogP contribution in [0.2, 0.25) is 0 Å². The number of nitrogens with one attached hydrogen (secondary N) is 1. The number of rotatable bonds is 29. The summed E-state index contributed by atoms with van der Waals surface area (Å²) in [6, 6.07) is -0.911. The summed E-state index contributed by atoms with van der Waals surface area (Å²) in [6.45, 7) is 2.64. The maximum absolute atomic E-state index is 13.0. The SMILES string of the molecule is CCC/C=C\CCCCCCCC(=O)NC(COC1OC(CO)C(OC2OC(CO)C(O)C(O)C2O)C(O)C1O)C(O)/C=C/CCCCCCCCCC. The van der Waals surface area contributed by atoms with Crippen molar-refractivity contribution >= 4 is 5.91 Å². The van der Waals surface area contributed by atoms with Crippen molar-refractivity contribution in [3.63, 3.8) is 0 Å². The Kier molecular flexibility index (Phi) is 25.9. The van der Waals surface area contributed by atoms with E-state index in [0.29, 0.717) is 6.42 Å². The minimum Gasteiger partial charge on any atom is -0.394 e. The molecule has 1 amide bonds. The Labute approximate surface area is 322 Å². The van der Waals surface area contributed by atoms with E-state index in [2.05, 4.69) is 31.3 Å². The molecule has 9 N–H and O–H groups in total. The van der Waals surface area contributed by atoms with Crippen molar-refractivity contribution in [3.8, 4) is 0 Å². The van der Waals surface area contributed by atoms with Gasteiger partial charge in [-0.15, -0.1) is 0 Å². The van der Waals surface area contributed by atoms with Crippen LogP contribution < -0.4 is 5.32 Å². The first-order chi connectivity index (χ1) is 26.1. The van der Waals surface area contributed by atoms with Crippen molar-refractivity contribution in [2.75, 3.05) is 19.8 Å². The first kappa shape index (κ1) is 48.6. The zero-order valence-electron chi connectivity index (χ0n) is 32.7. The monoisotopic (exact) mass is 776 g/mol. The van der Waals surface area contributed by atoms with Gasteiger partial charge in [-0.2, -0.15) is 0 Å². The second kappa shape index (κ2) is 28.8.